The Morgan fingerprint density at radius 3 is 2.22 bits per heavy atom. The molecule has 0 amide bonds. The molecule has 0 aromatic carbocycles. The molecule has 0 saturated carbocycles. The summed E-state index contributed by atoms with van der Waals surface area (Å²) in [5, 5.41) is 12.6. The summed E-state index contributed by atoms with van der Waals surface area (Å²) in [5.41, 5.74) is 0.422. The van der Waals surface area contributed by atoms with E-state index in [0.29, 0.717) is 0 Å². The van der Waals surface area contributed by atoms with Crippen LogP contribution in [-0.2, 0) is 0 Å². The second-order valence-electron chi connectivity index (χ2n) is 3.12. The summed E-state index contributed by atoms with van der Waals surface area (Å²) in [6.45, 7) is -1.03. The summed E-state index contributed by atoms with van der Waals surface area (Å²) in [6, 6.07) is 0. The van der Waals surface area contributed by atoms with Crippen LogP contribution in [0, 0.1) is 5.92 Å². The van der Waals surface area contributed by atoms with Gasteiger partial charge in [-0.25, -0.2) is 0 Å². The lowest BCUT2D eigenvalue weighted by Crippen LogP contribution is -2.43. The lowest BCUT2D eigenvalue weighted by molar-refractivity contribution is -0.154. The Balaban J connectivity index is 4.08. The number of nitrogens with zero attached hydrogens (tertiary/aromatic N) is 1. The number of rotatable bonds is 6. The monoisotopic (exact) mass is 299 g/mol. The number of amidine groups is 1. The quantitative estimate of drug-likeness (QED) is 0.174. The predicted octanol–water partition coefficient (Wildman–Crippen LogP) is 1.75. The highest BCUT2D eigenvalue weighted by Gasteiger charge is 2.42. The Labute approximate surface area is 103 Å². The first kappa shape index (κ1) is 17.2. The molecule has 0 aromatic rings. The second-order valence-corrected chi connectivity index (χ2v) is 4.28. The van der Waals surface area contributed by atoms with E-state index in [0.717, 1.165) is 0 Å². The predicted molar refractivity (Wildman–Crippen MR) is 54.3 cm³/mol. The minimum atomic E-state index is -4.74. The molecule has 0 heterocycles. The number of thioether (sulfide) groups is 1. The van der Waals surface area contributed by atoms with E-state index in [1.807, 2.05) is 0 Å². The van der Waals surface area contributed by atoms with Crippen LogP contribution in [-0.4, -0.2) is 41.6 Å². The SMILES string of the molecule is NC(=NO)C(CNCCSC(F)(F)F)C(F)(F)F. The van der Waals surface area contributed by atoms with Gasteiger partial charge >= 0.3 is 11.7 Å². The number of halogens is 6. The van der Waals surface area contributed by atoms with Crippen molar-refractivity contribution in [1.29, 1.82) is 0 Å². The number of hydrogen-bond donors (Lipinski definition) is 3. The Hall–Kier alpha value is -0.840. The van der Waals surface area contributed by atoms with E-state index in [1.165, 1.54) is 0 Å². The second kappa shape index (κ2) is 6.92. The molecule has 0 spiro atoms. The lowest BCUT2D eigenvalue weighted by atomic mass is 10.1. The Morgan fingerprint density at radius 1 is 1.28 bits per heavy atom. The van der Waals surface area contributed by atoms with Crippen LogP contribution >= 0.6 is 11.8 Å². The molecule has 0 fully saturated rings. The molecule has 0 aliphatic rings. The molecule has 0 rings (SSSR count). The Bertz CT molecular complexity index is 279. The summed E-state index contributed by atoms with van der Waals surface area (Å²) in [6.07, 6.45) is -4.74. The average molecular weight is 299 g/mol. The first-order valence-corrected chi connectivity index (χ1v) is 5.52. The highest BCUT2D eigenvalue weighted by atomic mass is 32.2. The zero-order chi connectivity index (χ0) is 14.4. The van der Waals surface area contributed by atoms with Gasteiger partial charge < -0.3 is 16.3 Å². The molecule has 4 nitrogen and oxygen atoms in total. The third-order valence-corrected chi connectivity index (χ3v) is 2.50. The van der Waals surface area contributed by atoms with Crippen molar-refractivity contribution in [2.24, 2.45) is 16.8 Å². The van der Waals surface area contributed by atoms with Crippen LogP contribution in [0.3, 0.4) is 0 Å². The van der Waals surface area contributed by atoms with Crippen LogP contribution in [0.4, 0.5) is 26.3 Å². The standard InChI is InChI=1S/C7H11F6N3OS/c8-6(9,10)4(5(14)16-17)3-15-1-2-18-7(11,12)13/h4,15,17H,1-3H2,(H2,14,16). The maximum absolute atomic E-state index is 12.4. The van der Waals surface area contributed by atoms with E-state index in [4.69, 9.17) is 10.9 Å². The van der Waals surface area contributed by atoms with Crippen LogP contribution in [0.25, 0.3) is 0 Å². The van der Waals surface area contributed by atoms with Gasteiger partial charge in [-0.15, -0.1) is 0 Å². The smallest absolute Gasteiger partial charge is 0.409 e. The van der Waals surface area contributed by atoms with Gasteiger partial charge in [0.2, 0.25) is 0 Å². The molecule has 1 unspecified atom stereocenters. The first-order chi connectivity index (χ1) is 8.08. The van der Waals surface area contributed by atoms with Gasteiger partial charge in [0.15, 0.2) is 5.84 Å². The summed E-state index contributed by atoms with van der Waals surface area (Å²) in [4.78, 5) is 0. The van der Waals surface area contributed by atoms with Gasteiger partial charge in [0, 0.05) is 18.8 Å². The molecule has 1 atom stereocenters. The fourth-order valence-electron chi connectivity index (χ4n) is 0.943. The van der Waals surface area contributed by atoms with E-state index in [1.54, 1.807) is 0 Å². The molecule has 4 N–H and O–H groups in total. The van der Waals surface area contributed by atoms with Crippen LogP contribution in [0.5, 0.6) is 0 Å². The van der Waals surface area contributed by atoms with Gasteiger partial charge in [0.05, 0.1) is 0 Å². The Kier molecular flexibility index (Phi) is 6.60. The van der Waals surface area contributed by atoms with Crippen molar-refractivity contribution in [3.8, 4) is 0 Å². The highest BCUT2D eigenvalue weighted by Crippen LogP contribution is 2.29. The van der Waals surface area contributed by atoms with Crippen molar-refractivity contribution in [3.05, 3.63) is 0 Å². The van der Waals surface area contributed by atoms with Crippen LogP contribution in [0.1, 0.15) is 0 Å². The van der Waals surface area contributed by atoms with E-state index in [2.05, 4.69) is 10.5 Å². The van der Waals surface area contributed by atoms with Crippen molar-refractivity contribution >= 4 is 17.6 Å². The fourth-order valence-corrected chi connectivity index (χ4v) is 1.42. The molecule has 0 aromatic heterocycles. The van der Waals surface area contributed by atoms with Gasteiger partial charge in [-0.3, -0.25) is 0 Å². The molecule has 0 aliphatic heterocycles. The van der Waals surface area contributed by atoms with Gasteiger partial charge in [0.25, 0.3) is 0 Å². The minimum Gasteiger partial charge on any atom is -0.409 e. The molecule has 0 bridgehead atoms. The number of nitrogens with two attached hydrogens (primary N) is 1. The van der Waals surface area contributed by atoms with E-state index >= 15 is 0 Å². The average Bonchev–Trinajstić information content (AvgIpc) is 2.18. The summed E-state index contributed by atoms with van der Waals surface area (Å²) < 4.78 is 72.2. The van der Waals surface area contributed by atoms with Gasteiger partial charge in [-0.2, -0.15) is 26.3 Å². The highest BCUT2D eigenvalue weighted by molar-refractivity contribution is 8.00. The van der Waals surface area contributed by atoms with Crippen LogP contribution in [0.15, 0.2) is 5.16 Å². The maximum atomic E-state index is 12.4. The summed E-state index contributed by atoms with van der Waals surface area (Å²) in [5.74, 6) is -3.71. The molecule has 0 radical (unpaired) electrons. The van der Waals surface area contributed by atoms with E-state index in [9.17, 15) is 26.3 Å². The van der Waals surface area contributed by atoms with Crippen molar-refractivity contribution in [1.82, 2.24) is 5.32 Å². The summed E-state index contributed by atoms with van der Waals surface area (Å²) in [7, 11) is 0. The fraction of sp³-hybridized carbons (Fsp3) is 0.857. The third-order valence-electron chi connectivity index (χ3n) is 1.76. The number of oxime groups is 1. The van der Waals surface area contributed by atoms with Crippen molar-refractivity contribution in [3.63, 3.8) is 0 Å². The first-order valence-electron chi connectivity index (χ1n) is 4.53. The normalized spacial score (nSPS) is 15.8. The molecule has 108 valence electrons. The molecular formula is C7H11F6N3OS. The van der Waals surface area contributed by atoms with Crippen molar-refractivity contribution < 1.29 is 31.5 Å². The molecule has 0 aliphatic carbocycles. The van der Waals surface area contributed by atoms with Gasteiger partial charge in [0.1, 0.15) is 5.92 Å². The Morgan fingerprint density at radius 2 is 1.83 bits per heavy atom. The largest absolute Gasteiger partial charge is 0.441 e. The number of alkyl halides is 6. The zero-order valence-corrected chi connectivity index (χ0v) is 9.66. The van der Waals surface area contributed by atoms with Crippen molar-refractivity contribution in [2.45, 2.75) is 11.7 Å². The number of nitrogens with one attached hydrogen (secondary N) is 1. The third kappa shape index (κ3) is 7.48. The van der Waals surface area contributed by atoms with Crippen molar-refractivity contribution in [2.75, 3.05) is 18.8 Å². The lowest BCUT2D eigenvalue weighted by Gasteiger charge is -2.19. The van der Waals surface area contributed by atoms with E-state index in [-0.39, 0.29) is 18.3 Å². The van der Waals surface area contributed by atoms with Gasteiger partial charge in [-0.05, 0) is 11.8 Å². The van der Waals surface area contributed by atoms with Crippen LogP contribution < -0.4 is 11.1 Å². The van der Waals surface area contributed by atoms with Crippen LogP contribution in [0.2, 0.25) is 0 Å². The molecule has 11 heteroatoms. The number of hydrogen-bond acceptors (Lipinski definition) is 4. The molecule has 0 saturated heterocycles. The molecule has 18 heavy (non-hydrogen) atoms. The topological polar surface area (TPSA) is 70.6 Å². The van der Waals surface area contributed by atoms with E-state index < -0.39 is 35.7 Å². The minimum absolute atomic E-state index is 0.282. The zero-order valence-electron chi connectivity index (χ0n) is 8.85. The molecular weight excluding hydrogens is 288 g/mol. The summed E-state index contributed by atoms with van der Waals surface area (Å²) >= 11 is -0.348. The maximum Gasteiger partial charge on any atom is 0.441 e. The van der Waals surface area contributed by atoms with Gasteiger partial charge in [-0.1, -0.05) is 5.16 Å².